The highest BCUT2D eigenvalue weighted by Crippen LogP contribution is 2.29. The van der Waals surface area contributed by atoms with Gasteiger partial charge in [-0.05, 0) is 43.9 Å². The Bertz CT molecular complexity index is 640. The van der Waals surface area contributed by atoms with Crippen LogP contribution in [0.1, 0.15) is 51.0 Å². The molecule has 0 spiro atoms. The zero-order chi connectivity index (χ0) is 14.9. The lowest BCUT2D eigenvalue weighted by atomic mass is 9.98. The summed E-state index contributed by atoms with van der Waals surface area (Å²) in [6, 6.07) is 8.12. The molecule has 3 heteroatoms. The molecule has 2 nitrogen and oxygen atoms in total. The lowest BCUT2D eigenvalue weighted by molar-refractivity contribution is 0.102. The molecule has 0 unspecified atom stereocenters. The fourth-order valence-corrected chi connectivity index (χ4v) is 3.30. The van der Waals surface area contributed by atoms with Crippen LogP contribution < -0.4 is 5.32 Å². The number of carbonyl (C=O) groups is 1. The molecule has 2 rings (SSSR count). The summed E-state index contributed by atoms with van der Waals surface area (Å²) in [7, 11) is 0. The van der Waals surface area contributed by atoms with Gasteiger partial charge in [-0.1, -0.05) is 32.0 Å². The summed E-state index contributed by atoms with van der Waals surface area (Å²) in [5.74, 6) is 0.374. The molecular weight excluding hydrogens is 266 g/mol. The highest BCUT2D eigenvalue weighted by atomic mass is 32.1. The van der Waals surface area contributed by atoms with Gasteiger partial charge in [0.2, 0.25) is 0 Å². The second-order valence-electron chi connectivity index (χ2n) is 5.47. The number of benzene rings is 1. The summed E-state index contributed by atoms with van der Waals surface area (Å²) >= 11 is 1.66. The van der Waals surface area contributed by atoms with Crippen LogP contribution in [-0.4, -0.2) is 5.91 Å². The van der Waals surface area contributed by atoms with E-state index in [4.69, 9.17) is 0 Å². The predicted molar refractivity (Wildman–Crippen MR) is 87.0 cm³/mol. The summed E-state index contributed by atoms with van der Waals surface area (Å²) in [6.07, 6.45) is 0. The predicted octanol–water partition coefficient (Wildman–Crippen LogP) is 5.05. The van der Waals surface area contributed by atoms with Crippen LogP contribution in [0.15, 0.2) is 24.3 Å². The normalized spacial score (nSPS) is 10.9. The van der Waals surface area contributed by atoms with E-state index in [2.05, 4.69) is 25.2 Å². The van der Waals surface area contributed by atoms with Crippen LogP contribution >= 0.6 is 11.3 Å². The SMILES string of the molecule is Cc1cc(C(=O)Nc2c(C)cccc2C(C)C)c(C)s1. The maximum Gasteiger partial charge on any atom is 0.256 e. The molecule has 1 amide bonds. The first-order valence-electron chi connectivity index (χ1n) is 6.88. The Morgan fingerprint density at radius 2 is 1.90 bits per heavy atom. The fourth-order valence-electron chi connectivity index (χ4n) is 2.38. The monoisotopic (exact) mass is 287 g/mol. The summed E-state index contributed by atoms with van der Waals surface area (Å²) in [5.41, 5.74) is 4.03. The summed E-state index contributed by atoms with van der Waals surface area (Å²) in [5, 5.41) is 3.10. The third kappa shape index (κ3) is 2.93. The molecule has 20 heavy (non-hydrogen) atoms. The molecule has 106 valence electrons. The molecule has 0 radical (unpaired) electrons. The van der Waals surface area contributed by atoms with Crippen molar-refractivity contribution in [3.05, 3.63) is 50.7 Å². The first-order chi connectivity index (χ1) is 9.40. The first kappa shape index (κ1) is 14.8. The molecular formula is C17H21NOS. The van der Waals surface area contributed by atoms with Crippen molar-refractivity contribution in [2.24, 2.45) is 0 Å². The van der Waals surface area contributed by atoms with E-state index >= 15 is 0 Å². The van der Waals surface area contributed by atoms with Gasteiger partial charge in [0.25, 0.3) is 5.91 Å². The summed E-state index contributed by atoms with van der Waals surface area (Å²) < 4.78 is 0. The van der Waals surface area contributed by atoms with E-state index in [0.29, 0.717) is 5.92 Å². The van der Waals surface area contributed by atoms with E-state index in [1.807, 2.05) is 39.0 Å². The molecule has 1 aromatic carbocycles. The van der Waals surface area contributed by atoms with Gasteiger partial charge in [0, 0.05) is 15.4 Å². The van der Waals surface area contributed by atoms with Crippen LogP contribution in [0.25, 0.3) is 0 Å². The highest BCUT2D eigenvalue weighted by molar-refractivity contribution is 7.12. The molecule has 0 atom stereocenters. The van der Waals surface area contributed by atoms with Crippen molar-refractivity contribution in [3.8, 4) is 0 Å². The van der Waals surface area contributed by atoms with Gasteiger partial charge in [0.15, 0.2) is 0 Å². The van der Waals surface area contributed by atoms with Crippen molar-refractivity contribution in [2.75, 3.05) is 5.32 Å². The lowest BCUT2D eigenvalue weighted by Gasteiger charge is -2.16. The molecule has 1 aromatic heterocycles. The average molecular weight is 287 g/mol. The zero-order valence-electron chi connectivity index (χ0n) is 12.7. The van der Waals surface area contributed by atoms with Crippen LogP contribution in [0.2, 0.25) is 0 Å². The molecule has 2 aromatic rings. The molecule has 0 aliphatic heterocycles. The Kier molecular flexibility index (Phi) is 4.29. The number of thiophene rings is 1. The van der Waals surface area contributed by atoms with Crippen LogP contribution in [0, 0.1) is 20.8 Å². The third-order valence-corrected chi connectivity index (χ3v) is 4.42. The van der Waals surface area contributed by atoms with E-state index in [1.165, 1.54) is 10.4 Å². The van der Waals surface area contributed by atoms with Gasteiger partial charge in [-0.2, -0.15) is 0 Å². The Labute approximate surface area is 124 Å². The summed E-state index contributed by atoms with van der Waals surface area (Å²) in [4.78, 5) is 14.7. The van der Waals surface area contributed by atoms with Crippen LogP contribution in [-0.2, 0) is 0 Å². The van der Waals surface area contributed by atoms with Crippen molar-refractivity contribution in [1.29, 1.82) is 0 Å². The van der Waals surface area contributed by atoms with Gasteiger partial charge in [0.1, 0.15) is 0 Å². The van der Waals surface area contributed by atoms with E-state index in [0.717, 1.165) is 21.7 Å². The number of anilines is 1. The van der Waals surface area contributed by atoms with Crippen molar-refractivity contribution in [3.63, 3.8) is 0 Å². The van der Waals surface area contributed by atoms with E-state index < -0.39 is 0 Å². The Morgan fingerprint density at radius 3 is 2.45 bits per heavy atom. The number of amides is 1. The van der Waals surface area contributed by atoms with Crippen molar-refractivity contribution in [1.82, 2.24) is 0 Å². The standard InChI is InChI=1S/C17H21NOS/c1-10(2)14-8-6-7-11(3)16(14)18-17(19)15-9-12(4)20-13(15)5/h6-10H,1-5H3,(H,18,19). The number of rotatable bonds is 3. The number of carbonyl (C=O) groups excluding carboxylic acids is 1. The molecule has 0 saturated heterocycles. The number of nitrogens with one attached hydrogen (secondary N) is 1. The fraction of sp³-hybridized carbons (Fsp3) is 0.353. The zero-order valence-corrected chi connectivity index (χ0v) is 13.5. The Hall–Kier alpha value is -1.61. The summed E-state index contributed by atoms with van der Waals surface area (Å²) in [6.45, 7) is 10.3. The minimum Gasteiger partial charge on any atom is -0.321 e. The average Bonchev–Trinajstić information content (AvgIpc) is 2.70. The quantitative estimate of drug-likeness (QED) is 0.841. The van der Waals surface area contributed by atoms with Crippen LogP contribution in [0.3, 0.4) is 0 Å². The molecule has 0 aliphatic rings. The van der Waals surface area contributed by atoms with E-state index in [1.54, 1.807) is 11.3 Å². The largest absolute Gasteiger partial charge is 0.321 e. The maximum absolute atomic E-state index is 12.5. The second-order valence-corrected chi connectivity index (χ2v) is 6.94. The van der Waals surface area contributed by atoms with Crippen molar-refractivity contribution >= 4 is 22.9 Å². The maximum atomic E-state index is 12.5. The number of aryl methyl sites for hydroxylation is 3. The molecule has 0 aliphatic carbocycles. The number of hydrogen-bond acceptors (Lipinski definition) is 2. The smallest absolute Gasteiger partial charge is 0.256 e. The number of para-hydroxylation sites is 1. The van der Waals surface area contributed by atoms with Gasteiger partial charge < -0.3 is 5.32 Å². The van der Waals surface area contributed by atoms with Gasteiger partial charge >= 0.3 is 0 Å². The molecule has 1 N–H and O–H groups in total. The molecule has 1 heterocycles. The van der Waals surface area contributed by atoms with Gasteiger partial charge in [-0.15, -0.1) is 11.3 Å². The van der Waals surface area contributed by atoms with Crippen LogP contribution in [0.5, 0.6) is 0 Å². The van der Waals surface area contributed by atoms with Crippen molar-refractivity contribution < 1.29 is 4.79 Å². The minimum atomic E-state index is -0.0111. The van der Waals surface area contributed by atoms with Crippen LogP contribution in [0.4, 0.5) is 5.69 Å². The topological polar surface area (TPSA) is 29.1 Å². The number of hydrogen-bond donors (Lipinski definition) is 1. The van der Waals surface area contributed by atoms with E-state index in [9.17, 15) is 4.79 Å². The highest BCUT2D eigenvalue weighted by Gasteiger charge is 2.16. The Morgan fingerprint density at radius 1 is 1.20 bits per heavy atom. The van der Waals surface area contributed by atoms with Gasteiger partial charge in [-0.25, -0.2) is 0 Å². The van der Waals surface area contributed by atoms with Crippen molar-refractivity contribution in [2.45, 2.75) is 40.5 Å². The second kappa shape index (κ2) is 5.80. The van der Waals surface area contributed by atoms with Gasteiger partial charge in [-0.3, -0.25) is 4.79 Å². The first-order valence-corrected chi connectivity index (χ1v) is 7.69. The molecule has 0 bridgehead atoms. The Balaban J connectivity index is 2.35. The molecule has 0 saturated carbocycles. The molecule has 0 fully saturated rings. The van der Waals surface area contributed by atoms with Gasteiger partial charge in [0.05, 0.1) is 5.56 Å². The minimum absolute atomic E-state index is 0.0111. The third-order valence-electron chi connectivity index (χ3n) is 3.45. The lowest BCUT2D eigenvalue weighted by Crippen LogP contribution is -2.15. The van der Waals surface area contributed by atoms with E-state index in [-0.39, 0.29) is 5.91 Å².